The quantitative estimate of drug-likeness (QED) is 0.600. The Morgan fingerprint density at radius 3 is 1.62 bits per heavy atom. The van der Waals surface area contributed by atoms with Gasteiger partial charge < -0.3 is 0 Å². The van der Waals surface area contributed by atoms with Crippen molar-refractivity contribution in [3.8, 4) is 0 Å². The molecule has 0 heterocycles. The van der Waals surface area contributed by atoms with E-state index in [1.165, 1.54) is 32.1 Å². The zero-order valence-corrected chi connectivity index (χ0v) is 12.3. The Kier molecular flexibility index (Phi) is 1.90. The Morgan fingerprint density at radius 2 is 1.10 bits per heavy atom. The van der Waals surface area contributed by atoms with E-state index in [2.05, 4.69) is 36.4 Å². The molecule has 0 aliphatic heterocycles. The lowest BCUT2D eigenvalue weighted by Crippen LogP contribution is -2.25. The molecule has 4 atom stereocenters. The van der Waals surface area contributed by atoms with Gasteiger partial charge >= 0.3 is 0 Å². The van der Waals surface area contributed by atoms with Gasteiger partial charge in [0.25, 0.3) is 0 Å². The van der Waals surface area contributed by atoms with Crippen molar-refractivity contribution in [3.05, 3.63) is 69.8 Å². The first-order chi connectivity index (χ1) is 10.4. The van der Waals surface area contributed by atoms with Gasteiger partial charge in [0, 0.05) is 11.8 Å². The zero-order valence-electron chi connectivity index (χ0n) is 12.3. The topological polar surface area (TPSA) is 0 Å². The Hall–Kier alpha value is -1.56. The van der Waals surface area contributed by atoms with Gasteiger partial charge in [-0.15, -0.1) is 0 Å². The van der Waals surface area contributed by atoms with Crippen LogP contribution in [0.1, 0.15) is 89.2 Å². The highest BCUT2D eigenvalue weighted by Gasteiger charge is 2.42. The molecule has 0 radical (unpaired) electrons. The van der Waals surface area contributed by atoms with E-state index in [4.69, 9.17) is 0 Å². The number of hydrogen-bond acceptors (Lipinski definition) is 0. The summed E-state index contributed by atoms with van der Waals surface area (Å²) >= 11 is 0. The van der Waals surface area contributed by atoms with Gasteiger partial charge in [0.15, 0.2) is 0 Å². The molecule has 2 aromatic rings. The maximum absolute atomic E-state index is 2.64. The number of fused-ring (bicyclic) bond motifs is 6. The second-order valence-corrected chi connectivity index (χ2v) is 7.63. The SMILES string of the molecule is c1ccc2c(c1)C1CCC2c2cc3c(cc21)C1CCC3C1. The van der Waals surface area contributed by atoms with Gasteiger partial charge in [-0.1, -0.05) is 36.4 Å². The van der Waals surface area contributed by atoms with Crippen LogP contribution in [0.25, 0.3) is 0 Å². The molecule has 0 heteroatoms. The summed E-state index contributed by atoms with van der Waals surface area (Å²) in [5, 5.41) is 0. The van der Waals surface area contributed by atoms with Crippen LogP contribution in [-0.4, -0.2) is 0 Å². The van der Waals surface area contributed by atoms with E-state index >= 15 is 0 Å². The second-order valence-electron chi connectivity index (χ2n) is 7.63. The first kappa shape index (κ1) is 11.1. The second kappa shape index (κ2) is 3.61. The lowest BCUT2D eigenvalue weighted by Gasteiger charge is -2.41. The van der Waals surface area contributed by atoms with Crippen molar-refractivity contribution < 1.29 is 0 Å². The van der Waals surface area contributed by atoms with Crippen LogP contribution in [0.5, 0.6) is 0 Å². The summed E-state index contributed by atoms with van der Waals surface area (Å²) in [6.45, 7) is 0. The minimum Gasteiger partial charge on any atom is -0.0620 e. The third-order valence-electron chi connectivity index (χ3n) is 6.84. The first-order valence-electron chi connectivity index (χ1n) is 8.66. The molecular weight excluding hydrogens is 252 g/mol. The summed E-state index contributed by atoms with van der Waals surface area (Å²) in [6, 6.07) is 14.5. The minimum absolute atomic E-state index is 0.686. The third kappa shape index (κ3) is 1.24. The minimum atomic E-state index is 0.686. The van der Waals surface area contributed by atoms with Crippen LogP contribution in [0.2, 0.25) is 0 Å². The highest BCUT2D eigenvalue weighted by atomic mass is 14.5. The molecule has 104 valence electrons. The summed E-state index contributed by atoms with van der Waals surface area (Å²) in [7, 11) is 0. The van der Waals surface area contributed by atoms with Crippen LogP contribution < -0.4 is 0 Å². The molecule has 4 bridgehead atoms. The van der Waals surface area contributed by atoms with Gasteiger partial charge in [-0.05, 0) is 77.3 Å². The molecule has 4 unspecified atom stereocenters. The molecule has 2 aromatic carbocycles. The lowest BCUT2D eigenvalue weighted by molar-refractivity contribution is 0.517. The predicted octanol–water partition coefficient (Wildman–Crippen LogP) is 5.42. The van der Waals surface area contributed by atoms with Crippen molar-refractivity contribution in [3.63, 3.8) is 0 Å². The van der Waals surface area contributed by atoms with Crippen LogP contribution in [-0.2, 0) is 0 Å². The van der Waals surface area contributed by atoms with Crippen molar-refractivity contribution >= 4 is 0 Å². The van der Waals surface area contributed by atoms with Gasteiger partial charge in [0.1, 0.15) is 0 Å². The van der Waals surface area contributed by atoms with Crippen LogP contribution in [0.15, 0.2) is 36.4 Å². The monoisotopic (exact) mass is 272 g/mol. The fourth-order valence-corrected chi connectivity index (χ4v) is 5.96. The molecule has 0 aromatic heterocycles. The van der Waals surface area contributed by atoms with Gasteiger partial charge in [-0.2, -0.15) is 0 Å². The van der Waals surface area contributed by atoms with E-state index in [1.807, 2.05) is 0 Å². The Balaban J connectivity index is 1.62. The van der Waals surface area contributed by atoms with Crippen LogP contribution >= 0.6 is 0 Å². The standard InChI is InChI=1S/C21H20/c1-2-4-15-14(3-1)16-7-8-17(15)21-11-19-13-6-5-12(9-13)18(19)10-20(16)21/h1-4,10-13,16-17H,5-9H2. The Labute approximate surface area is 126 Å². The normalized spacial score (nSPS) is 33.7. The van der Waals surface area contributed by atoms with E-state index < -0.39 is 0 Å². The molecule has 0 saturated heterocycles. The van der Waals surface area contributed by atoms with E-state index in [1.54, 1.807) is 33.4 Å². The van der Waals surface area contributed by atoms with E-state index in [9.17, 15) is 0 Å². The molecule has 0 spiro atoms. The number of benzene rings is 2. The molecule has 5 aliphatic rings. The Bertz CT molecular complexity index is 706. The molecule has 0 amide bonds. The zero-order chi connectivity index (χ0) is 13.6. The number of hydrogen-bond donors (Lipinski definition) is 0. The fourth-order valence-electron chi connectivity index (χ4n) is 5.96. The lowest BCUT2D eigenvalue weighted by atomic mass is 9.63. The molecule has 0 N–H and O–H groups in total. The van der Waals surface area contributed by atoms with Crippen molar-refractivity contribution in [2.45, 2.75) is 55.8 Å². The summed E-state index contributed by atoms with van der Waals surface area (Å²) in [4.78, 5) is 0. The molecule has 1 fully saturated rings. The van der Waals surface area contributed by atoms with Crippen LogP contribution in [0.4, 0.5) is 0 Å². The van der Waals surface area contributed by atoms with E-state index in [0.29, 0.717) is 11.8 Å². The average molecular weight is 272 g/mol. The van der Waals surface area contributed by atoms with Crippen LogP contribution in [0, 0.1) is 0 Å². The predicted molar refractivity (Wildman–Crippen MR) is 85.1 cm³/mol. The van der Waals surface area contributed by atoms with E-state index in [0.717, 1.165) is 11.8 Å². The van der Waals surface area contributed by atoms with Crippen molar-refractivity contribution in [1.82, 2.24) is 0 Å². The fraction of sp³-hybridized carbons (Fsp3) is 0.429. The van der Waals surface area contributed by atoms with Crippen molar-refractivity contribution in [2.24, 2.45) is 0 Å². The first-order valence-corrected chi connectivity index (χ1v) is 8.66. The maximum Gasteiger partial charge on any atom is 0.00956 e. The Morgan fingerprint density at radius 1 is 0.571 bits per heavy atom. The molecule has 7 rings (SSSR count). The third-order valence-corrected chi connectivity index (χ3v) is 6.84. The summed E-state index contributed by atoms with van der Waals surface area (Å²) in [6.07, 6.45) is 7.06. The highest BCUT2D eigenvalue weighted by molar-refractivity contribution is 5.59. The van der Waals surface area contributed by atoms with Gasteiger partial charge in [0.05, 0.1) is 0 Å². The molecule has 1 saturated carbocycles. The maximum atomic E-state index is 2.64. The smallest absolute Gasteiger partial charge is 0.00956 e. The van der Waals surface area contributed by atoms with Crippen LogP contribution in [0.3, 0.4) is 0 Å². The number of rotatable bonds is 0. The average Bonchev–Trinajstić information content (AvgIpc) is 3.16. The van der Waals surface area contributed by atoms with Gasteiger partial charge in [-0.25, -0.2) is 0 Å². The summed E-state index contributed by atoms with van der Waals surface area (Å²) in [5.41, 5.74) is 10.1. The molecular formula is C21H20. The van der Waals surface area contributed by atoms with Crippen molar-refractivity contribution in [1.29, 1.82) is 0 Å². The molecule has 5 aliphatic carbocycles. The highest BCUT2D eigenvalue weighted by Crippen LogP contribution is 2.58. The van der Waals surface area contributed by atoms with Gasteiger partial charge in [0.2, 0.25) is 0 Å². The van der Waals surface area contributed by atoms with Gasteiger partial charge in [-0.3, -0.25) is 0 Å². The summed E-state index contributed by atoms with van der Waals surface area (Å²) in [5.74, 6) is 3.16. The largest absolute Gasteiger partial charge is 0.0620 e. The summed E-state index contributed by atoms with van der Waals surface area (Å²) < 4.78 is 0. The molecule has 0 nitrogen and oxygen atoms in total. The van der Waals surface area contributed by atoms with Crippen molar-refractivity contribution in [2.75, 3.05) is 0 Å². The van der Waals surface area contributed by atoms with E-state index in [-0.39, 0.29) is 0 Å². The molecule has 21 heavy (non-hydrogen) atoms.